The number of esters is 2. The van der Waals surface area contributed by atoms with Gasteiger partial charge in [-0.15, -0.1) is 0 Å². The Bertz CT molecular complexity index is 521. The molecule has 0 radical (unpaired) electrons. The first-order chi connectivity index (χ1) is 8.54. The smallest absolute Gasteiger partial charge is 0.356 e. The lowest BCUT2D eigenvalue weighted by Crippen LogP contribution is -2.16. The van der Waals surface area contributed by atoms with Crippen LogP contribution in [0, 0.1) is 0 Å². The quantitative estimate of drug-likeness (QED) is 0.486. The predicted octanol–water partition coefficient (Wildman–Crippen LogP) is 1.45. The monoisotopic (exact) mass is 247 g/mol. The highest BCUT2D eigenvalue weighted by Crippen LogP contribution is 2.18. The van der Waals surface area contributed by atoms with E-state index >= 15 is 0 Å². The van der Waals surface area contributed by atoms with Crippen LogP contribution in [0.1, 0.15) is 19.4 Å². The number of hydrogen-bond acceptors (Lipinski definition) is 5. The van der Waals surface area contributed by atoms with Crippen LogP contribution in [0.25, 0.3) is 6.08 Å². The Hall–Kier alpha value is -2.30. The summed E-state index contributed by atoms with van der Waals surface area (Å²) in [6, 6.07) is 6.89. The van der Waals surface area contributed by atoms with Gasteiger partial charge >= 0.3 is 11.9 Å². The molecule has 1 aromatic carbocycles. The fourth-order valence-electron chi connectivity index (χ4n) is 1.63. The van der Waals surface area contributed by atoms with Gasteiger partial charge in [-0.2, -0.15) is 0 Å². The summed E-state index contributed by atoms with van der Waals surface area (Å²) in [5, 5.41) is 2.89. The molecule has 1 N–H and O–H groups in total. The molecule has 1 aliphatic heterocycles. The van der Waals surface area contributed by atoms with E-state index in [1.807, 2.05) is 0 Å². The molecule has 0 amide bonds. The average molecular weight is 247 g/mol. The number of hydrogen-bond donors (Lipinski definition) is 1. The minimum absolute atomic E-state index is 0.319. The molecule has 0 bridgehead atoms. The molecule has 1 heterocycles. The fraction of sp³-hybridized carbons (Fsp3) is 0.231. The Morgan fingerprint density at radius 1 is 1.50 bits per heavy atom. The highest BCUT2D eigenvalue weighted by Gasteiger charge is 2.23. The molecule has 18 heavy (non-hydrogen) atoms. The molecule has 1 saturated heterocycles. The predicted molar refractivity (Wildman–Crippen MR) is 64.4 cm³/mol. The maximum Gasteiger partial charge on any atom is 0.356 e. The third kappa shape index (κ3) is 2.88. The summed E-state index contributed by atoms with van der Waals surface area (Å²) in [6.07, 6.45) is 1.33. The first-order valence-electron chi connectivity index (χ1n) is 5.52. The van der Waals surface area contributed by atoms with Crippen LogP contribution in [-0.4, -0.2) is 18.2 Å². The first-order valence-corrected chi connectivity index (χ1v) is 5.52. The van der Waals surface area contributed by atoms with Gasteiger partial charge in [0, 0.05) is 6.92 Å². The molecule has 1 unspecified atom stereocenters. The second-order valence-corrected chi connectivity index (χ2v) is 3.92. The van der Waals surface area contributed by atoms with Crippen LogP contribution in [0.15, 0.2) is 30.0 Å². The zero-order valence-electron chi connectivity index (χ0n) is 10.1. The van der Waals surface area contributed by atoms with Gasteiger partial charge in [-0.1, -0.05) is 12.1 Å². The van der Waals surface area contributed by atoms with Gasteiger partial charge in [-0.25, -0.2) is 4.79 Å². The van der Waals surface area contributed by atoms with E-state index in [0.717, 1.165) is 5.56 Å². The molecule has 0 aliphatic carbocycles. The first kappa shape index (κ1) is 12.2. The van der Waals surface area contributed by atoms with Crippen molar-refractivity contribution in [3.05, 3.63) is 35.5 Å². The van der Waals surface area contributed by atoms with Gasteiger partial charge < -0.3 is 14.8 Å². The summed E-state index contributed by atoms with van der Waals surface area (Å²) in [6.45, 7) is 3.08. The molecule has 0 saturated carbocycles. The van der Waals surface area contributed by atoms with Crippen LogP contribution in [0.3, 0.4) is 0 Å². The molecular weight excluding hydrogens is 234 g/mol. The van der Waals surface area contributed by atoms with E-state index in [4.69, 9.17) is 9.47 Å². The SMILES string of the molecule is CC(=O)Oc1cccc(/C=C2\NC(C)OC2=O)c1. The molecule has 1 aromatic rings. The van der Waals surface area contributed by atoms with Crippen molar-refractivity contribution in [3.63, 3.8) is 0 Å². The number of cyclic esters (lactones) is 1. The van der Waals surface area contributed by atoms with Crippen molar-refractivity contribution in [2.45, 2.75) is 20.1 Å². The van der Waals surface area contributed by atoms with Crippen molar-refractivity contribution >= 4 is 18.0 Å². The fourth-order valence-corrected chi connectivity index (χ4v) is 1.63. The summed E-state index contributed by atoms with van der Waals surface area (Å²) >= 11 is 0. The van der Waals surface area contributed by atoms with E-state index in [1.54, 1.807) is 37.3 Å². The van der Waals surface area contributed by atoms with Gasteiger partial charge in [0.15, 0.2) is 6.23 Å². The molecule has 1 atom stereocenters. The van der Waals surface area contributed by atoms with Crippen LogP contribution in [0.5, 0.6) is 5.75 Å². The molecule has 0 aromatic heterocycles. The van der Waals surface area contributed by atoms with Crippen LogP contribution < -0.4 is 10.1 Å². The minimum Gasteiger partial charge on any atom is -0.437 e. The molecule has 1 aliphatic rings. The molecule has 0 spiro atoms. The van der Waals surface area contributed by atoms with Gasteiger partial charge in [0.05, 0.1) is 0 Å². The second-order valence-electron chi connectivity index (χ2n) is 3.92. The van der Waals surface area contributed by atoms with Crippen molar-refractivity contribution in [1.82, 2.24) is 5.32 Å². The van der Waals surface area contributed by atoms with Crippen LogP contribution in [0.4, 0.5) is 0 Å². The lowest BCUT2D eigenvalue weighted by Gasteiger charge is -2.02. The van der Waals surface area contributed by atoms with E-state index in [-0.39, 0.29) is 18.2 Å². The van der Waals surface area contributed by atoms with Crippen molar-refractivity contribution in [1.29, 1.82) is 0 Å². The molecule has 5 nitrogen and oxygen atoms in total. The Kier molecular flexibility index (Phi) is 3.32. The van der Waals surface area contributed by atoms with Crippen molar-refractivity contribution in [2.24, 2.45) is 0 Å². The molecular formula is C13H13NO4. The maximum absolute atomic E-state index is 11.4. The van der Waals surface area contributed by atoms with Crippen molar-refractivity contribution in [3.8, 4) is 5.75 Å². The molecule has 5 heteroatoms. The maximum atomic E-state index is 11.4. The molecule has 1 fully saturated rings. The summed E-state index contributed by atoms with van der Waals surface area (Å²) < 4.78 is 9.90. The minimum atomic E-state index is -0.389. The normalized spacial score (nSPS) is 20.4. The van der Waals surface area contributed by atoms with Crippen molar-refractivity contribution < 1.29 is 19.1 Å². The molecule has 2 rings (SSSR count). The lowest BCUT2D eigenvalue weighted by atomic mass is 10.2. The Morgan fingerprint density at radius 3 is 2.89 bits per heavy atom. The summed E-state index contributed by atoms with van der Waals surface area (Å²) in [5.74, 6) is -0.330. The Balaban J connectivity index is 2.21. The van der Waals surface area contributed by atoms with Crippen LogP contribution >= 0.6 is 0 Å². The molecule has 94 valence electrons. The number of nitrogens with one attached hydrogen (secondary N) is 1. The van der Waals surface area contributed by atoms with Gasteiger partial charge in [0.25, 0.3) is 0 Å². The number of ether oxygens (including phenoxy) is 2. The number of rotatable bonds is 2. The second kappa shape index (κ2) is 4.91. The summed E-state index contributed by atoms with van der Waals surface area (Å²) in [4.78, 5) is 22.3. The Labute approximate surface area is 104 Å². The van der Waals surface area contributed by atoms with Gasteiger partial charge in [0.1, 0.15) is 11.4 Å². The number of carbonyl (C=O) groups is 2. The van der Waals surface area contributed by atoms with E-state index in [2.05, 4.69) is 5.32 Å². The van der Waals surface area contributed by atoms with Crippen molar-refractivity contribution in [2.75, 3.05) is 0 Å². The van der Waals surface area contributed by atoms with Gasteiger partial charge in [0.2, 0.25) is 0 Å². The standard InChI is InChI=1S/C13H13NO4/c1-8-14-12(13(16)17-8)7-10-4-3-5-11(6-10)18-9(2)15/h3-8,14H,1-2H3/b12-7-. The summed E-state index contributed by atoms with van der Waals surface area (Å²) in [5.41, 5.74) is 1.14. The van der Waals surface area contributed by atoms with E-state index in [0.29, 0.717) is 11.4 Å². The third-order valence-electron chi connectivity index (χ3n) is 2.29. The zero-order chi connectivity index (χ0) is 13.1. The zero-order valence-corrected chi connectivity index (χ0v) is 10.1. The van der Waals surface area contributed by atoms with Crippen LogP contribution in [-0.2, 0) is 14.3 Å². The van der Waals surface area contributed by atoms with E-state index in [9.17, 15) is 9.59 Å². The average Bonchev–Trinajstić information content (AvgIpc) is 2.57. The van der Waals surface area contributed by atoms with E-state index in [1.165, 1.54) is 6.92 Å². The number of benzene rings is 1. The highest BCUT2D eigenvalue weighted by atomic mass is 16.6. The third-order valence-corrected chi connectivity index (χ3v) is 2.29. The topological polar surface area (TPSA) is 64.6 Å². The van der Waals surface area contributed by atoms with Gasteiger partial charge in [-0.05, 0) is 30.7 Å². The highest BCUT2D eigenvalue weighted by molar-refractivity contribution is 5.94. The van der Waals surface area contributed by atoms with E-state index < -0.39 is 0 Å². The number of carbonyl (C=O) groups excluding carboxylic acids is 2. The lowest BCUT2D eigenvalue weighted by molar-refractivity contribution is -0.138. The summed E-state index contributed by atoms with van der Waals surface area (Å²) in [7, 11) is 0. The van der Waals surface area contributed by atoms with Crippen LogP contribution in [0.2, 0.25) is 0 Å². The Morgan fingerprint density at radius 2 is 2.28 bits per heavy atom. The van der Waals surface area contributed by atoms with Gasteiger partial charge in [-0.3, -0.25) is 4.79 Å². The largest absolute Gasteiger partial charge is 0.437 e.